The Bertz CT molecular complexity index is 422. The second-order valence-electron chi connectivity index (χ2n) is 3.74. The fraction of sp³-hybridized carbons (Fsp3) is 0.364. The average molecular weight is 236 g/mol. The second kappa shape index (κ2) is 4.82. The van der Waals surface area contributed by atoms with Gasteiger partial charge in [0, 0.05) is 24.7 Å². The molecule has 0 aromatic carbocycles. The minimum absolute atomic E-state index is 0.114. The molecule has 17 heavy (non-hydrogen) atoms. The molecule has 2 rings (SSSR count). The van der Waals surface area contributed by atoms with E-state index >= 15 is 0 Å². The molecule has 1 aliphatic heterocycles. The molecular weight excluding hydrogens is 224 g/mol. The number of carbonyl (C=O) groups is 3. The van der Waals surface area contributed by atoms with E-state index in [9.17, 15) is 14.4 Å². The number of hydrogen-bond donors (Lipinski definition) is 1. The number of hydrogen-bond acceptors (Lipinski definition) is 4. The summed E-state index contributed by atoms with van der Waals surface area (Å²) in [4.78, 5) is 41.4. The van der Waals surface area contributed by atoms with E-state index in [-0.39, 0.29) is 19.3 Å². The molecule has 1 aromatic heterocycles. The van der Waals surface area contributed by atoms with Gasteiger partial charge in [0.15, 0.2) is 0 Å². The summed E-state index contributed by atoms with van der Waals surface area (Å²) in [7, 11) is 0. The number of H-pyrrole nitrogens is 1. The highest BCUT2D eigenvalue weighted by atomic mass is 16.7. The number of aromatic amines is 1. The van der Waals surface area contributed by atoms with E-state index in [0.29, 0.717) is 11.5 Å². The molecule has 1 saturated heterocycles. The number of aromatic nitrogens is 1. The lowest BCUT2D eigenvalue weighted by Crippen LogP contribution is -2.32. The largest absolute Gasteiger partial charge is 0.365 e. The van der Waals surface area contributed by atoms with Crippen molar-refractivity contribution in [2.75, 3.05) is 0 Å². The predicted octanol–water partition coefficient (Wildman–Crippen LogP) is 0.554. The molecule has 2 heterocycles. The molecule has 1 fully saturated rings. The van der Waals surface area contributed by atoms with Crippen LogP contribution in [-0.2, 0) is 25.6 Å². The van der Waals surface area contributed by atoms with Crippen molar-refractivity contribution >= 4 is 17.8 Å². The minimum atomic E-state index is -0.580. The quantitative estimate of drug-likeness (QED) is 0.774. The summed E-state index contributed by atoms with van der Waals surface area (Å²) in [6, 6.07) is 3.67. The number of nitrogens with one attached hydrogen (secondary N) is 1. The van der Waals surface area contributed by atoms with Crippen LogP contribution in [0.5, 0.6) is 0 Å². The molecule has 0 aliphatic carbocycles. The van der Waals surface area contributed by atoms with Gasteiger partial charge in [-0.15, -0.1) is 5.06 Å². The number of rotatable bonds is 4. The third-order valence-corrected chi connectivity index (χ3v) is 2.46. The molecule has 1 N–H and O–H groups in total. The minimum Gasteiger partial charge on any atom is -0.365 e. The first-order chi connectivity index (χ1) is 8.16. The van der Waals surface area contributed by atoms with Gasteiger partial charge in [0.05, 0.1) is 6.42 Å². The zero-order valence-electron chi connectivity index (χ0n) is 9.14. The van der Waals surface area contributed by atoms with Crippen molar-refractivity contribution in [3.8, 4) is 0 Å². The van der Waals surface area contributed by atoms with Crippen LogP contribution < -0.4 is 0 Å². The lowest BCUT2D eigenvalue weighted by Gasteiger charge is -2.12. The Morgan fingerprint density at radius 1 is 1.35 bits per heavy atom. The summed E-state index contributed by atoms with van der Waals surface area (Å²) in [5, 5.41) is 0.567. The third kappa shape index (κ3) is 2.72. The van der Waals surface area contributed by atoms with E-state index < -0.39 is 17.8 Å². The average Bonchev–Trinajstić information content (AvgIpc) is 2.91. The Balaban J connectivity index is 1.81. The maximum Gasteiger partial charge on any atom is 0.333 e. The first-order valence-corrected chi connectivity index (χ1v) is 5.35. The van der Waals surface area contributed by atoms with Gasteiger partial charge >= 0.3 is 5.97 Å². The lowest BCUT2D eigenvalue weighted by atomic mass is 10.2. The van der Waals surface area contributed by atoms with Crippen molar-refractivity contribution < 1.29 is 19.2 Å². The molecule has 6 heteroatoms. The molecule has 1 aliphatic rings. The van der Waals surface area contributed by atoms with Crippen LogP contribution in [0, 0.1) is 0 Å². The molecule has 6 nitrogen and oxygen atoms in total. The zero-order chi connectivity index (χ0) is 12.3. The van der Waals surface area contributed by atoms with Crippen LogP contribution in [0.4, 0.5) is 0 Å². The van der Waals surface area contributed by atoms with Gasteiger partial charge in [-0.05, 0) is 18.6 Å². The van der Waals surface area contributed by atoms with E-state index in [4.69, 9.17) is 4.84 Å². The highest BCUT2D eigenvalue weighted by Crippen LogP contribution is 2.13. The van der Waals surface area contributed by atoms with Gasteiger partial charge in [0.25, 0.3) is 11.8 Å². The van der Waals surface area contributed by atoms with Crippen molar-refractivity contribution in [3.05, 3.63) is 24.0 Å². The van der Waals surface area contributed by atoms with Gasteiger partial charge in [0.2, 0.25) is 0 Å². The molecule has 90 valence electrons. The van der Waals surface area contributed by atoms with Gasteiger partial charge in [-0.1, -0.05) is 0 Å². The van der Waals surface area contributed by atoms with Crippen LogP contribution in [0.1, 0.15) is 25.0 Å². The molecule has 0 radical (unpaired) electrons. The highest BCUT2D eigenvalue weighted by Gasteiger charge is 2.32. The van der Waals surface area contributed by atoms with E-state index in [1.54, 1.807) is 6.20 Å². The Morgan fingerprint density at radius 3 is 2.65 bits per heavy atom. The number of carbonyl (C=O) groups excluding carboxylic acids is 3. The Morgan fingerprint density at radius 2 is 2.06 bits per heavy atom. The number of aryl methyl sites for hydroxylation is 1. The molecule has 2 amide bonds. The van der Waals surface area contributed by atoms with Crippen molar-refractivity contribution in [2.45, 2.75) is 25.7 Å². The van der Waals surface area contributed by atoms with Gasteiger partial charge in [-0.3, -0.25) is 9.59 Å². The summed E-state index contributed by atoms with van der Waals surface area (Å²) in [6.07, 6.45) is 2.60. The number of nitrogens with zero attached hydrogens (tertiary/aromatic N) is 1. The van der Waals surface area contributed by atoms with E-state index in [0.717, 1.165) is 5.69 Å². The van der Waals surface area contributed by atoms with Gasteiger partial charge < -0.3 is 9.82 Å². The Kier molecular flexibility index (Phi) is 3.22. The van der Waals surface area contributed by atoms with Crippen LogP contribution in [0.2, 0.25) is 0 Å². The SMILES string of the molecule is O=C(CCc1ccc[nH]1)ON1C(=O)CCC1=O. The van der Waals surface area contributed by atoms with Crippen LogP contribution in [0.25, 0.3) is 0 Å². The van der Waals surface area contributed by atoms with Crippen LogP contribution in [0.3, 0.4) is 0 Å². The first kappa shape index (κ1) is 11.4. The summed E-state index contributed by atoms with van der Waals surface area (Å²) in [5.74, 6) is -1.49. The molecule has 1 aromatic rings. The molecule has 0 unspecified atom stereocenters. The second-order valence-corrected chi connectivity index (χ2v) is 3.74. The Hall–Kier alpha value is -2.11. The van der Waals surface area contributed by atoms with Crippen molar-refractivity contribution in [3.63, 3.8) is 0 Å². The zero-order valence-corrected chi connectivity index (χ0v) is 9.14. The monoisotopic (exact) mass is 236 g/mol. The molecule has 0 spiro atoms. The molecule has 0 bridgehead atoms. The van der Waals surface area contributed by atoms with Crippen molar-refractivity contribution in [1.82, 2.24) is 10.0 Å². The number of hydroxylamine groups is 2. The molecule has 0 atom stereocenters. The van der Waals surface area contributed by atoms with Crippen LogP contribution >= 0.6 is 0 Å². The maximum atomic E-state index is 11.4. The Labute approximate surface area is 97.5 Å². The van der Waals surface area contributed by atoms with E-state index in [2.05, 4.69) is 4.98 Å². The lowest BCUT2D eigenvalue weighted by molar-refractivity contribution is -0.197. The predicted molar refractivity (Wildman–Crippen MR) is 56.3 cm³/mol. The smallest absolute Gasteiger partial charge is 0.333 e. The number of amides is 2. The fourth-order valence-corrected chi connectivity index (χ4v) is 1.57. The van der Waals surface area contributed by atoms with Crippen molar-refractivity contribution in [2.24, 2.45) is 0 Å². The summed E-state index contributed by atoms with van der Waals surface area (Å²) >= 11 is 0. The van der Waals surface area contributed by atoms with Gasteiger partial charge in [-0.2, -0.15) is 0 Å². The summed E-state index contributed by atoms with van der Waals surface area (Å²) in [6.45, 7) is 0. The molecular formula is C11H12N2O4. The normalized spacial score (nSPS) is 15.4. The van der Waals surface area contributed by atoms with E-state index in [1.807, 2.05) is 12.1 Å². The van der Waals surface area contributed by atoms with Gasteiger partial charge in [0.1, 0.15) is 0 Å². The van der Waals surface area contributed by atoms with Crippen LogP contribution in [-0.4, -0.2) is 27.8 Å². The van der Waals surface area contributed by atoms with Crippen LogP contribution in [0.15, 0.2) is 18.3 Å². The topological polar surface area (TPSA) is 79.5 Å². The highest BCUT2D eigenvalue weighted by molar-refractivity contribution is 6.01. The fourth-order valence-electron chi connectivity index (χ4n) is 1.57. The van der Waals surface area contributed by atoms with Crippen molar-refractivity contribution in [1.29, 1.82) is 0 Å². The summed E-state index contributed by atoms with van der Waals surface area (Å²) < 4.78 is 0. The van der Waals surface area contributed by atoms with Gasteiger partial charge in [-0.25, -0.2) is 4.79 Å². The first-order valence-electron chi connectivity index (χ1n) is 5.35. The molecule has 0 saturated carbocycles. The maximum absolute atomic E-state index is 11.4. The summed E-state index contributed by atoms with van der Waals surface area (Å²) in [5.41, 5.74) is 0.904. The van der Waals surface area contributed by atoms with E-state index in [1.165, 1.54) is 0 Å². The third-order valence-electron chi connectivity index (χ3n) is 2.46. The number of imide groups is 1. The standard InChI is InChI=1S/C11H12N2O4/c14-9-4-5-10(15)13(9)17-11(16)6-3-8-2-1-7-12-8/h1-2,7,12H,3-6H2.